The Morgan fingerprint density at radius 3 is 3.00 bits per heavy atom. The van der Waals surface area contributed by atoms with Gasteiger partial charge in [0.2, 0.25) is 0 Å². The van der Waals surface area contributed by atoms with Gasteiger partial charge in [0, 0.05) is 25.2 Å². The molecule has 0 saturated heterocycles. The molecule has 1 heterocycles. The van der Waals surface area contributed by atoms with Crippen LogP contribution in [0.4, 0.5) is 5.69 Å². The minimum atomic E-state index is -0.730. The lowest BCUT2D eigenvalue weighted by Crippen LogP contribution is -2.28. The topological polar surface area (TPSA) is 49.8 Å². The minimum Gasteiger partial charge on any atom is -0.497 e. The predicted octanol–water partition coefficient (Wildman–Crippen LogP) is 1.92. The first-order valence-electron chi connectivity index (χ1n) is 5.73. The molecule has 0 amide bonds. The number of methoxy groups -OCH3 is 1. The van der Waals surface area contributed by atoms with Crippen molar-refractivity contribution in [3.63, 3.8) is 0 Å². The molecule has 92 valence electrons. The molecule has 1 aromatic rings. The maximum Gasteiger partial charge on any atom is 0.303 e. The number of anilines is 1. The van der Waals surface area contributed by atoms with Crippen molar-refractivity contribution < 1.29 is 14.6 Å². The number of aliphatic carboxylic acids is 1. The van der Waals surface area contributed by atoms with Crippen LogP contribution in [0.15, 0.2) is 18.2 Å². The highest BCUT2D eigenvalue weighted by Crippen LogP contribution is 2.34. The lowest BCUT2D eigenvalue weighted by atomic mass is 10.1. The number of ether oxygens (including phenoxy) is 1. The summed E-state index contributed by atoms with van der Waals surface area (Å²) in [6, 6.07) is 6.30. The molecule has 0 radical (unpaired) electrons. The molecule has 1 unspecified atom stereocenters. The summed E-state index contributed by atoms with van der Waals surface area (Å²) in [5.41, 5.74) is 2.42. The third-order valence-electron chi connectivity index (χ3n) is 3.36. The zero-order valence-electron chi connectivity index (χ0n) is 10.1. The average molecular weight is 235 g/mol. The Hall–Kier alpha value is -1.71. The van der Waals surface area contributed by atoms with Crippen LogP contribution in [0.1, 0.15) is 18.4 Å². The van der Waals surface area contributed by atoms with Gasteiger partial charge in [-0.05, 0) is 36.6 Å². The number of benzene rings is 1. The molecule has 0 aromatic heterocycles. The fourth-order valence-corrected chi connectivity index (χ4v) is 2.37. The summed E-state index contributed by atoms with van der Waals surface area (Å²) in [4.78, 5) is 12.8. The Morgan fingerprint density at radius 2 is 2.35 bits per heavy atom. The SMILES string of the molecule is COc1ccc2c(c1)CC(CCC(=O)O)N2C. The number of hydrogen-bond donors (Lipinski definition) is 1. The van der Waals surface area contributed by atoms with Crippen molar-refractivity contribution >= 4 is 11.7 Å². The largest absolute Gasteiger partial charge is 0.497 e. The predicted molar refractivity (Wildman–Crippen MR) is 65.8 cm³/mol. The van der Waals surface area contributed by atoms with E-state index in [4.69, 9.17) is 9.84 Å². The van der Waals surface area contributed by atoms with E-state index in [1.165, 1.54) is 11.3 Å². The summed E-state index contributed by atoms with van der Waals surface area (Å²) in [5.74, 6) is 0.128. The van der Waals surface area contributed by atoms with Crippen molar-refractivity contribution in [3.8, 4) is 5.75 Å². The quantitative estimate of drug-likeness (QED) is 0.866. The van der Waals surface area contributed by atoms with Crippen LogP contribution in [0.3, 0.4) is 0 Å². The molecule has 0 fully saturated rings. The van der Waals surface area contributed by atoms with Crippen LogP contribution in [-0.4, -0.2) is 31.3 Å². The van der Waals surface area contributed by atoms with E-state index in [0.717, 1.165) is 12.2 Å². The molecular weight excluding hydrogens is 218 g/mol. The van der Waals surface area contributed by atoms with Crippen LogP contribution < -0.4 is 9.64 Å². The Labute approximate surface area is 101 Å². The van der Waals surface area contributed by atoms with Gasteiger partial charge < -0.3 is 14.7 Å². The van der Waals surface area contributed by atoms with Crippen LogP contribution in [-0.2, 0) is 11.2 Å². The van der Waals surface area contributed by atoms with E-state index >= 15 is 0 Å². The van der Waals surface area contributed by atoms with Crippen molar-refractivity contribution in [2.75, 3.05) is 19.1 Å². The highest BCUT2D eigenvalue weighted by atomic mass is 16.5. The highest BCUT2D eigenvalue weighted by Gasteiger charge is 2.26. The van der Waals surface area contributed by atoms with Gasteiger partial charge in [-0.25, -0.2) is 0 Å². The number of carboxylic acid groups (broad SMARTS) is 1. The van der Waals surface area contributed by atoms with Crippen molar-refractivity contribution in [2.45, 2.75) is 25.3 Å². The van der Waals surface area contributed by atoms with Gasteiger partial charge in [-0.15, -0.1) is 0 Å². The zero-order chi connectivity index (χ0) is 12.4. The number of hydrogen-bond acceptors (Lipinski definition) is 3. The first kappa shape index (κ1) is 11.8. The van der Waals surface area contributed by atoms with Crippen molar-refractivity contribution in [3.05, 3.63) is 23.8 Å². The Kier molecular flexibility index (Phi) is 3.22. The maximum absolute atomic E-state index is 10.6. The number of nitrogens with zero attached hydrogens (tertiary/aromatic N) is 1. The Morgan fingerprint density at radius 1 is 1.59 bits per heavy atom. The lowest BCUT2D eigenvalue weighted by molar-refractivity contribution is -0.137. The summed E-state index contributed by atoms with van der Waals surface area (Å²) in [6.45, 7) is 0. The van der Waals surface area contributed by atoms with Crippen LogP contribution in [0.5, 0.6) is 5.75 Å². The average Bonchev–Trinajstić information content (AvgIpc) is 2.63. The van der Waals surface area contributed by atoms with E-state index in [9.17, 15) is 4.79 Å². The number of likely N-dealkylation sites (N-methyl/N-ethyl adjacent to an activating group) is 1. The summed E-state index contributed by atoms with van der Waals surface area (Å²) in [6.07, 6.45) is 1.80. The van der Waals surface area contributed by atoms with E-state index in [0.29, 0.717) is 6.42 Å². The van der Waals surface area contributed by atoms with Crippen LogP contribution in [0.25, 0.3) is 0 Å². The molecule has 1 N–H and O–H groups in total. The van der Waals surface area contributed by atoms with Gasteiger partial charge in [-0.3, -0.25) is 4.79 Å². The van der Waals surface area contributed by atoms with Gasteiger partial charge in [0.1, 0.15) is 5.75 Å². The van der Waals surface area contributed by atoms with Gasteiger partial charge in [0.25, 0.3) is 0 Å². The van der Waals surface area contributed by atoms with Gasteiger partial charge in [-0.1, -0.05) is 0 Å². The molecule has 4 nitrogen and oxygen atoms in total. The maximum atomic E-state index is 10.6. The molecule has 4 heteroatoms. The molecule has 1 aromatic carbocycles. The molecule has 1 aliphatic heterocycles. The first-order chi connectivity index (χ1) is 8.11. The third-order valence-corrected chi connectivity index (χ3v) is 3.36. The van der Waals surface area contributed by atoms with Gasteiger partial charge >= 0.3 is 5.97 Å². The van der Waals surface area contributed by atoms with E-state index < -0.39 is 5.97 Å². The molecule has 1 atom stereocenters. The summed E-state index contributed by atoms with van der Waals surface area (Å²) in [7, 11) is 3.67. The zero-order valence-corrected chi connectivity index (χ0v) is 10.1. The first-order valence-corrected chi connectivity index (χ1v) is 5.73. The smallest absolute Gasteiger partial charge is 0.303 e. The monoisotopic (exact) mass is 235 g/mol. The van der Waals surface area contributed by atoms with E-state index in [1.54, 1.807) is 7.11 Å². The lowest BCUT2D eigenvalue weighted by Gasteiger charge is -2.21. The second kappa shape index (κ2) is 4.65. The Bertz CT molecular complexity index is 431. The standard InChI is InChI=1S/C13H17NO3/c1-14-10(3-6-13(15)16)7-9-8-11(17-2)4-5-12(9)14/h4-5,8,10H,3,6-7H2,1-2H3,(H,15,16). The fraction of sp³-hybridized carbons (Fsp3) is 0.462. The molecule has 2 rings (SSSR count). The van der Waals surface area contributed by atoms with Gasteiger partial charge in [0.05, 0.1) is 7.11 Å². The van der Waals surface area contributed by atoms with Gasteiger partial charge in [0.15, 0.2) is 0 Å². The second-order valence-electron chi connectivity index (χ2n) is 4.40. The molecular formula is C13H17NO3. The minimum absolute atomic E-state index is 0.222. The third kappa shape index (κ3) is 2.35. The molecule has 0 spiro atoms. The molecule has 0 saturated carbocycles. The number of carboxylic acids is 1. The normalized spacial score (nSPS) is 18.0. The number of carbonyl (C=O) groups is 1. The van der Waals surface area contributed by atoms with Crippen LogP contribution in [0.2, 0.25) is 0 Å². The Balaban J connectivity index is 2.11. The van der Waals surface area contributed by atoms with Crippen molar-refractivity contribution in [2.24, 2.45) is 0 Å². The summed E-state index contributed by atoms with van der Waals surface area (Å²) in [5, 5.41) is 8.72. The number of fused-ring (bicyclic) bond motifs is 1. The van der Waals surface area contributed by atoms with Gasteiger partial charge in [-0.2, -0.15) is 0 Å². The molecule has 0 bridgehead atoms. The highest BCUT2D eigenvalue weighted by molar-refractivity contribution is 5.67. The second-order valence-corrected chi connectivity index (χ2v) is 4.40. The van der Waals surface area contributed by atoms with Crippen molar-refractivity contribution in [1.82, 2.24) is 0 Å². The summed E-state index contributed by atoms with van der Waals surface area (Å²) >= 11 is 0. The van der Waals surface area contributed by atoms with Crippen molar-refractivity contribution in [1.29, 1.82) is 0 Å². The van der Waals surface area contributed by atoms with E-state index in [1.807, 2.05) is 25.2 Å². The molecule has 17 heavy (non-hydrogen) atoms. The van der Waals surface area contributed by atoms with E-state index in [-0.39, 0.29) is 12.5 Å². The number of rotatable bonds is 4. The van der Waals surface area contributed by atoms with Crippen LogP contribution in [0, 0.1) is 0 Å². The molecule has 0 aliphatic carbocycles. The molecule has 1 aliphatic rings. The van der Waals surface area contributed by atoms with E-state index in [2.05, 4.69) is 4.90 Å². The van der Waals surface area contributed by atoms with Crippen LogP contribution >= 0.6 is 0 Å². The fourth-order valence-electron chi connectivity index (χ4n) is 2.37. The summed E-state index contributed by atoms with van der Waals surface area (Å²) < 4.78 is 5.20.